The summed E-state index contributed by atoms with van der Waals surface area (Å²) in [4.78, 5) is 15.0. The van der Waals surface area contributed by atoms with Gasteiger partial charge < -0.3 is 25.0 Å². The molecule has 0 spiro atoms. The number of amides is 2. The minimum absolute atomic E-state index is 0.315. The molecule has 6 nitrogen and oxygen atoms in total. The number of nitrogens with one attached hydrogen (secondary N) is 2. The highest BCUT2D eigenvalue weighted by Gasteiger charge is 2.14. The second kappa shape index (κ2) is 18.5. The van der Waals surface area contributed by atoms with Gasteiger partial charge in [0.25, 0.3) is 0 Å². The fourth-order valence-electron chi connectivity index (χ4n) is 4.66. The third-order valence-electron chi connectivity index (χ3n) is 6.90. The molecule has 0 unspecified atom stereocenters. The van der Waals surface area contributed by atoms with Crippen molar-refractivity contribution >= 4 is 29.2 Å². The number of anilines is 2. The molecule has 0 fully saturated rings. The molecule has 0 saturated heterocycles. The summed E-state index contributed by atoms with van der Waals surface area (Å²) in [6, 6.07) is 13.2. The van der Waals surface area contributed by atoms with E-state index in [0.29, 0.717) is 23.8 Å². The summed E-state index contributed by atoms with van der Waals surface area (Å²) in [5.41, 5.74) is 2.54. The Labute approximate surface area is 239 Å². The fraction of sp³-hybridized carbons (Fsp3) is 0.531. The molecule has 2 N–H and O–H groups in total. The van der Waals surface area contributed by atoms with Crippen LogP contribution in [-0.4, -0.2) is 30.5 Å². The average Bonchev–Trinajstić information content (AvgIpc) is 3.46. The number of hydrogen-bond acceptors (Lipinski definition) is 5. The van der Waals surface area contributed by atoms with Crippen LogP contribution in [0, 0.1) is 0 Å². The maximum absolute atomic E-state index is 12.7. The molecule has 214 valence electrons. The molecule has 0 saturated carbocycles. The Morgan fingerprint density at radius 3 is 2.15 bits per heavy atom. The van der Waals surface area contributed by atoms with Gasteiger partial charge in [-0.3, -0.25) is 0 Å². The summed E-state index contributed by atoms with van der Waals surface area (Å²) in [7, 11) is 1.62. The number of para-hydroxylation sites is 1. The van der Waals surface area contributed by atoms with Gasteiger partial charge in [0.1, 0.15) is 0 Å². The topological polar surface area (TPSA) is 62.8 Å². The number of rotatable bonds is 19. The Morgan fingerprint density at radius 1 is 0.872 bits per heavy atom. The highest BCUT2D eigenvalue weighted by atomic mass is 32.2. The van der Waals surface area contributed by atoms with Gasteiger partial charge in [0.2, 0.25) is 0 Å². The number of methoxy groups -OCH3 is 1. The minimum Gasteiger partial charge on any atom is -0.493 e. The molecule has 1 aliphatic heterocycles. The van der Waals surface area contributed by atoms with E-state index in [2.05, 4.69) is 34.1 Å². The number of hydrogen-bond donors (Lipinski definition) is 2. The van der Waals surface area contributed by atoms with Gasteiger partial charge in [-0.1, -0.05) is 95.8 Å². The van der Waals surface area contributed by atoms with Crippen LogP contribution in [0.15, 0.2) is 54.1 Å². The van der Waals surface area contributed by atoms with Gasteiger partial charge in [-0.15, -0.1) is 11.8 Å². The first-order valence-corrected chi connectivity index (χ1v) is 15.7. The first kappa shape index (κ1) is 30.7. The van der Waals surface area contributed by atoms with Crippen LogP contribution >= 0.6 is 11.8 Å². The van der Waals surface area contributed by atoms with E-state index in [1.807, 2.05) is 42.5 Å². The van der Waals surface area contributed by atoms with Gasteiger partial charge in [0, 0.05) is 18.4 Å². The summed E-state index contributed by atoms with van der Waals surface area (Å²) in [5, 5.41) is 7.95. The average molecular weight is 554 g/mol. The predicted octanol–water partition coefficient (Wildman–Crippen LogP) is 9.40. The number of unbranched alkanes of at least 4 members (excludes halogenated alkanes) is 11. The van der Waals surface area contributed by atoms with Crippen molar-refractivity contribution in [2.75, 3.05) is 30.2 Å². The van der Waals surface area contributed by atoms with Gasteiger partial charge in [-0.2, -0.15) is 0 Å². The number of benzene rings is 2. The van der Waals surface area contributed by atoms with Crippen LogP contribution in [0.4, 0.5) is 16.2 Å². The number of thioether (sulfide) groups is 1. The van der Waals surface area contributed by atoms with E-state index in [1.54, 1.807) is 18.9 Å². The van der Waals surface area contributed by atoms with Crippen molar-refractivity contribution < 1.29 is 14.3 Å². The summed E-state index contributed by atoms with van der Waals surface area (Å²) >= 11 is 1.79. The zero-order valence-electron chi connectivity index (χ0n) is 23.9. The van der Waals surface area contributed by atoms with E-state index in [-0.39, 0.29) is 6.03 Å². The van der Waals surface area contributed by atoms with Crippen molar-refractivity contribution in [3.05, 3.63) is 59.6 Å². The number of carbonyl (C=O) groups excluding carboxylic acids is 1. The van der Waals surface area contributed by atoms with Crippen LogP contribution in [0.2, 0.25) is 0 Å². The van der Waals surface area contributed by atoms with E-state index in [1.165, 1.54) is 69.8 Å². The SMILES string of the molecule is CCCCCCCCCCCCCCOc1c(NC(=O)Nc2ccc(CN3C=CSC3)cc2)cccc1OC. The van der Waals surface area contributed by atoms with E-state index in [9.17, 15) is 4.79 Å². The molecule has 39 heavy (non-hydrogen) atoms. The monoisotopic (exact) mass is 553 g/mol. The summed E-state index contributed by atoms with van der Waals surface area (Å²) in [5.74, 6) is 2.17. The van der Waals surface area contributed by atoms with Crippen LogP contribution in [0.1, 0.15) is 89.5 Å². The Bertz CT molecular complexity index is 997. The number of carbonyl (C=O) groups is 1. The Balaban J connectivity index is 1.36. The van der Waals surface area contributed by atoms with Gasteiger partial charge in [0.05, 0.1) is 25.3 Å². The third-order valence-corrected chi connectivity index (χ3v) is 7.69. The maximum atomic E-state index is 12.7. The molecule has 0 aliphatic carbocycles. The summed E-state index contributed by atoms with van der Waals surface area (Å²) in [6.45, 7) is 3.73. The molecule has 1 aliphatic rings. The molecule has 2 aromatic carbocycles. The molecule has 0 radical (unpaired) electrons. The number of urea groups is 1. The van der Waals surface area contributed by atoms with Crippen LogP contribution < -0.4 is 20.1 Å². The molecule has 2 aromatic rings. The lowest BCUT2D eigenvalue weighted by Crippen LogP contribution is -2.20. The Hall–Kier alpha value is -2.80. The van der Waals surface area contributed by atoms with Crippen molar-refractivity contribution in [1.82, 2.24) is 4.90 Å². The Morgan fingerprint density at radius 2 is 1.54 bits per heavy atom. The molecule has 0 atom stereocenters. The normalized spacial score (nSPS) is 12.5. The summed E-state index contributed by atoms with van der Waals surface area (Å²) < 4.78 is 11.6. The van der Waals surface area contributed by atoms with E-state index < -0.39 is 0 Å². The highest BCUT2D eigenvalue weighted by molar-refractivity contribution is 8.02. The largest absolute Gasteiger partial charge is 0.493 e. The summed E-state index contributed by atoms with van der Waals surface area (Å²) in [6.07, 6.45) is 17.7. The predicted molar refractivity (Wildman–Crippen MR) is 166 cm³/mol. The molecule has 2 amide bonds. The minimum atomic E-state index is -0.315. The lowest BCUT2D eigenvalue weighted by Gasteiger charge is -2.16. The van der Waals surface area contributed by atoms with Crippen LogP contribution in [-0.2, 0) is 6.54 Å². The number of ether oxygens (including phenoxy) is 2. The Kier molecular flexibility index (Phi) is 14.6. The van der Waals surface area contributed by atoms with Crippen molar-refractivity contribution in [1.29, 1.82) is 0 Å². The van der Waals surface area contributed by atoms with Crippen molar-refractivity contribution in [3.63, 3.8) is 0 Å². The van der Waals surface area contributed by atoms with E-state index in [0.717, 1.165) is 31.0 Å². The van der Waals surface area contributed by atoms with Gasteiger partial charge >= 0.3 is 6.03 Å². The maximum Gasteiger partial charge on any atom is 0.323 e. The zero-order valence-corrected chi connectivity index (χ0v) is 24.7. The second-order valence-electron chi connectivity index (χ2n) is 10.2. The van der Waals surface area contributed by atoms with Gasteiger partial charge in [0.15, 0.2) is 11.5 Å². The van der Waals surface area contributed by atoms with Crippen LogP contribution in [0.5, 0.6) is 11.5 Å². The molecule has 3 rings (SSSR count). The quantitative estimate of drug-likeness (QED) is 0.170. The van der Waals surface area contributed by atoms with Gasteiger partial charge in [-0.05, 0) is 41.7 Å². The molecule has 7 heteroatoms. The molecule has 0 aromatic heterocycles. The highest BCUT2D eigenvalue weighted by Crippen LogP contribution is 2.35. The zero-order chi connectivity index (χ0) is 27.5. The molecular weight excluding hydrogens is 506 g/mol. The lowest BCUT2D eigenvalue weighted by molar-refractivity contribution is 0.261. The van der Waals surface area contributed by atoms with Crippen molar-refractivity contribution in [2.24, 2.45) is 0 Å². The standard InChI is InChI=1S/C32H47N3O3S/c1-3-4-5-6-7-8-9-10-11-12-13-14-23-38-31-29(16-15-17-30(31)37-2)34-32(36)33-28-20-18-27(19-21-28)25-35-22-24-39-26-35/h15-22,24H,3-14,23,25-26H2,1-2H3,(H2,33,34,36). The molecule has 1 heterocycles. The van der Waals surface area contributed by atoms with Crippen molar-refractivity contribution in [2.45, 2.75) is 90.5 Å². The third kappa shape index (κ3) is 11.9. The smallest absolute Gasteiger partial charge is 0.323 e. The second-order valence-corrected chi connectivity index (χ2v) is 11.0. The first-order chi connectivity index (χ1) is 19.2. The lowest BCUT2D eigenvalue weighted by atomic mass is 10.1. The molecular formula is C32H47N3O3S. The number of nitrogens with zero attached hydrogens (tertiary/aromatic N) is 1. The van der Waals surface area contributed by atoms with Crippen molar-refractivity contribution in [3.8, 4) is 11.5 Å². The van der Waals surface area contributed by atoms with Crippen LogP contribution in [0.3, 0.4) is 0 Å². The molecule has 0 bridgehead atoms. The van der Waals surface area contributed by atoms with E-state index in [4.69, 9.17) is 9.47 Å². The fourth-order valence-corrected chi connectivity index (χ4v) is 5.38. The van der Waals surface area contributed by atoms with E-state index >= 15 is 0 Å². The van der Waals surface area contributed by atoms with Crippen LogP contribution in [0.25, 0.3) is 0 Å². The van der Waals surface area contributed by atoms with Gasteiger partial charge in [-0.25, -0.2) is 4.79 Å². The first-order valence-electron chi connectivity index (χ1n) is 14.7.